The number of nitrogens with zero attached hydrogens (tertiary/aromatic N) is 6. The van der Waals surface area contributed by atoms with Gasteiger partial charge in [-0.25, -0.2) is 9.97 Å². The van der Waals surface area contributed by atoms with E-state index in [0.717, 1.165) is 25.9 Å². The zero-order valence-electron chi connectivity index (χ0n) is 16.7. The topological polar surface area (TPSA) is 82.5 Å². The van der Waals surface area contributed by atoms with Gasteiger partial charge >= 0.3 is 0 Å². The highest BCUT2D eigenvalue weighted by Crippen LogP contribution is 2.18. The standard InChI is InChI=1S/C21H26N6O2/c1-16-4-2-9-27(15-16)20(29)18-14-17(5-8-22-18)19(28)25-10-12-26(13-11-25)21-23-6-3-7-24-21/h3,5-8,14,16H,2,4,9-13,15H2,1H3. The number of carbonyl (C=O) groups excluding carboxylic acids is 2. The van der Waals surface area contributed by atoms with Gasteiger partial charge in [0, 0.05) is 63.4 Å². The predicted octanol–water partition coefficient (Wildman–Crippen LogP) is 1.71. The molecule has 0 radical (unpaired) electrons. The number of pyridine rings is 1. The normalized spacial score (nSPS) is 19.9. The molecule has 8 nitrogen and oxygen atoms in total. The fraction of sp³-hybridized carbons (Fsp3) is 0.476. The van der Waals surface area contributed by atoms with Gasteiger partial charge in [-0.3, -0.25) is 14.6 Å². The SMILES string of the molecule is CC1CCCN(C(=O)c2cc(C(=O)N3CCN(c4ncccn4)CC3)ccn2)C1. The molecule has 29 heavy (non-hydrogen) atoms. The Hall–Kier alpha value is -3.03. The Balaban J connectivity index is 1.41. The predicted molar refractivity (Wildman–Crippen MR) is 109 cm³/mol. The van der Waals surface area contributed by atoms with Gasteiger partial charge < -0.3 is 14.7 Å². The van der Waals surface area contributed by atoms with E-state index in [1.807, 2.05) is 9.80 Å². The van der Waals surface area contributed by atoms with Gasteiger partial charge in [0.15, 0.2) is 0 Å². The van der Waals surface area contributed by atoms with Crippen LogP contribution in [-0.2, 0) is 0 Å². The van der Waals surface area contributed by atoms with Gasteiger partial charge in [0.25, 0.3) is 11.8 Å². The maximum Gasteiger partial charge on any atom is 0.272 e. The van der Waals surface area contributed by atoms with Crippen molar-refractivity contribution in [2.75, 3.05) is 44.2 Å². The summed E-state index contributed by atoms with van der Waals surface area (Å²) in [6.07, 6.45) is 7.16. The van der Waals surface area contributed by atoms with Crippen LogP contribution in [0.3, 0.4) is 0 Å². The maximum atomic E-state index is 13.0. The Kier molecular flexibility index (Phi) is 5.69. The molecule has 0 aromatic carbocycles. The van der Waals surface area contributed by atoms with E-state index in [1.165, 1.54) is 0 Å². The van der Waals surface area contributed by atoms with Crippen LogP contribution in [0.25, 0.3) is 0 Å². The zero-order valence-corrected chi connectivity index (χ0v) is 16.7. The van der Waals surface area contributed by atoms with Gasteiger partial charge in [0.05, 0.1) is 0 Å². The second-order valence-corrected chi connectivity index (χ2v) is 7.76. The summed E-state index contributed by atoms with van der Waals surface area (Å²) < 4.78 is 0. The molecule has 2 aromatic rings. The molecule has 4 heterocycles. The second-order valence-electron chi connectivity index (χ2n) is 7.76. The number of likely N-dealkylation sites (tertiary alicyclic amines) is 1. The van der Waals surface area contributed by atoms with E-state index >= 15 is 0 Å². The molecule has 0 spiro atoms. The molecule has 2 aliphatic heterocycles. The molecule has 2 saturated heterocycles. The summed E-state index contributed by atoms with van der Waals surface area (Å²) in [5.41, 5.74) is 0.860. The minimum absolute atomic E-state index is 0.0675. The van der Waals surface area contributed by atoms with E-state index in [1.54, 1.807) is 36.8 Å². The van der Waals surface area contributed by atoms with Crippen LogP contribution in [0.2, 0.25) is 0 Å². The van der Waals surface area contributed by atoms with Gasteiger partial charge in [-0.05, 0) is 37.0 Å². The van der Waals surface area contributed by atoms with Gasteiger partial charge in [-0.15, -0.1) is 0 Å². The van der Waals surface area contributed by atoms with Crippen molar-refractivity contribution in [3.8, 4) is 0 Å². The number of anilines is 1. The number of hydrogen-bond acceptors (Lipinski definition) is 6. The maximum absolute atomic E-state index is 13.0. The van der Waals surface area contributed by atoms with Gasteiger partial charge in [-0.2, -0.15) is 0 Å². The minimum Gasteiger partial charge on any atom is -0.337 e. The monoisotopic (exact) mass is 394 g/mol. The first kappa shape index (κ1) is 19.3. The summed E-state index contributed by atoms with van der Waals surface area (Å²) in [6, 6.07) is 5.11. The lowest BCUT2D eigenvalue weighted by atomic mass is 10.00. The number of carbonyl (C=O) groups is 2. The van der Waals surface area contributed by atoms with E-state index < -0.39 is 0 Å². The third-order valence-electron chi connectivity index (χ3n) is 5.57. The van der Waals surface area contributed by atoms with E-state index in [4.69, 9.17) is 0 Å². The number of piperidine rings is 1. The molecule has 1 unspecified atom stereocenters. The third-order valence-corrected chi connectivity index (χ3v) is 5.57. The second kappa shape index (κ2) is 8.55. The van der Waals surface area contributed by atoms with E-state index in [-0.39, 0.29) is 11.8 Å². The summed E-state index contributed by atoms with van der Waals surface area (Å²) in [7, 11) is 0. The smallest absolute Gasteiger partial charge is 0.272 e. The molecule has 4 rings (SSSR count). The van der Waals surface area contributed by atoms with Crippen LogP contribution in [0.1, 0.15) is 40.6 Å². The molecule has 2 aromatic heterocycles. The van der Waals surface area contributed by atoms with Crippen LogP contribution < -0.4 is 4.90 Å². The largest absolute Gasteiger partial charge is 0.337 e. The summed E-state index contributed by atoms with van der Waals surface area (Å²) in [5.74, 6) is 1.04. The molecule has 8 heteroatoms. The molecule has 0 N–H and O–H groups in total. The summed E-state index contributed by atoms with van der Waals surface area (Å²) in [5, 5.41) is 0. The quantitative estimate of drug-likeness (QED) is 0.788. The molecule has 0 saturated carbocycles. The molecule has 2 fully saturated rings. The van der Waals surface area contributed by atoms with E-state index in [9.17, 15) is 9.59 Å². The molecule has 152 valence electrons. The van der Waals surface area contributed by atoms with Crippen molar-refractivity contribution in [2.45, 2.75) is 19.8 Å². The number of amides is 2. The zero-order chi connectivity index (χ0) is 20.2. The Bertz CT molecular complexity index is 866. The molecular weight excluding hydrogens is 368 g/mol. The lowest BCUT2D eigenvalue weighted by Gasteiger charge is -2.34. The van der Waals surface area contributed by atoms with Crippen LogP contribution in [0.15, 0.2) is 36.8 Å². The van der Waals surface area contributed by atoms with Crippen molar-refractivity contribution >= 4 is 17.8 Å². The van der Waals surface area contributed by atoms with Crippen LogP contribution in [0.5, 0.6) is 0 Å². The number of hydrogen-bond donors (Lipinski definition) is 0. The van der Waals surface area contributed by atoms with Crippen LogP contribution in [-0.4, -0.2) is 75.8 Å². The average Bonchev–Trinajstić information content (AvgIpc) is 2.79. The Morgan fingerprint density at radius 3 is 2.41 bits per heavy atom. The van der Waals surface area contributed by atoms with E-state index in [0.29, 0.717) is 49.3 Å². The number of rotatable bonds is 3. The lowest BCUT2D eigenvalue weighted by molar-refractivity contribution is 0.0677. The highest BCUT2D eigenvalue weighted by Gasteiger charge is 2.26. The first-order valence-corrected chi connectivity index (χ1v) is 10.2. The average molecular weight is 394 g/mol. The number of piperazine rings is 1. The van der Waals surface area contributed by atoms with Crippen molar-refractivity contribution in [3.63, 3.8) is 0 Å². The fourth-order valence-corrected chi connectivity index (χ4v) is 3.96. The lowest BCUT2D eigenvalue weighted by Crippen LogP contribution is -2.49. The molecular formula is C21H26N6O2. The Morgan fingerprint density at radius 1 is 0.931 bits per heavy atom. The highest BCUT2D eigenvalue weighted by molar-refractivity contribution is 5.98. The van der Waals surface area contributed by atoms with Crippen LogP contribution in [0, 0.1) is 5.92 Å². The minimum atomic E-state index is -0.0859. The van der Waals surface area contributed by atoms with Crippen molar-refractivity contribution < 1.29 is 9.59 Å². The summed E-state index contributed by atoms with van der Waals surface area (Å²) >= 11 is 0. The molecule has 0 aliphatic carbocycles. The number of aromatic nitrogens is 3. The first-order chi connectivity index (χ1) is 14.1. The van der Waals surface area contributed by atoms with Crippen molar-refractivity contribution in [1.82, 2.24) is 24.8 Å². The third kappa shape index (κ3) is 4.36. The van der Waals surface area contributed by atoms with E-state index in [2.05, 4.69) is 26.8 Å². The van der Waals surface area contributed by atoms with Crippen LogP contribution in [0.4, 0.5) is 5.95 Å². The van der Waals surface area contributed by atoms with Crippen molar-refractivity contribution in [3.05, 3.63) is 48.0 Å². The molecule has 0 bridgehead atoms. The first-order valence-electron chi connectivity index (χ1n) is 10.2. The Morgan fingerprint density at radius 2 is 1.69 bits per heavy atom. The Labute approximate surface area is 170 Å². The molecule has 1 atom stereocenters. The van der Waals surface area contributed by atoms with Gasteiger partial charge in [0.1, 0.15) is 5.69 Å². The van der Waals surface area contributed by atoms with Gasteiger partial charge in [0.2, 0.25) is 5.95 Å². The molecule has 2 aliphatic rings. The highest BCUT2D eigenvalue weighted by atomic mass is 16.2. The fourth-order valence-electron chi connectivity index (χ4n) is 3.96. The van der Waals surface area contributed by atoms with Crippen molar-refractivity contribution in [2.24, 2.45) is 5.92 Å². The van der Waals surface area contributed by atoms with Gasteiger partial charge in [-0.1, -0.05) is 6.92 Å². The molecule has 2 amide bonds. The summed E-state index contributed by atoms with van der Waals surface area (Å²) in [4.78, 5) is 44.3. The van der Waals surface area contributed by atoms with Crippen molar-refractivity contribution in [1.29, 1.82) is 0 Å². The van der Waals surface area contributed by atoms with Crippen LogP contribution >= 0.6 is 0 Å². The summed E-state index contributed by atoms with van der Waals surface area (Å²) in [6.45, 7) is 6.21.